The van der Waals surface area contributed by atoms with Crippen molar-refractivity contribution in [1.29, 1.82) is 0 Å². The molecule has 1 atom stereocenters. The molecular formula is C48H45ClF2N12O6. The number of carbonyl (C=O) groups is 5. The number of ether oxygens (including phenoxy) is 1. The number of aliphatic imine (C=N–C) groups is 2. The van der Waals surface area contributed by atoms with E-state index in [-0.39, 0.29) is 79.7 Å². The Kier molecular flexibility index (Phi) is 15.1. The molecule has 1 fully saturated rings. The van der Waals surface area contributed by atoms with Crippen LogP contribution < -0.4 is 32.4 Å². The van der Waals surface area contributed by atoms with Crippen molar-refractivity contribution in [3.05, 3.63) is 135 Å². The molecule has 1 unspecified atom stereocenters. The first-order chi connectivity index (χ1) is 33.5. The van der Waals surface area contributed by atoms with Gasteiger partial charge < -0.3 is 36.7 Å². The number of benzene rings is 4. The van der Waals surface area contributed by atoms with Gasteiger partial charge >= 0.3 is 0 Å². The van der Waals surface area contributed by atoms with Crippen LogP contribution in [0.2, 0.25) is 5.02 Å². The Morgan fingerprint density at radius 1 is 0.971 bits per heavy atom. The van der Waals surface area contributed by atoms with Crippen LogP contribution >= 0.6 is 11.6 Å². The molecule has 3 aliphatic heterocycles. The molecule has 0 saturated carbocycles. The van der Waals surface area contributed by atoms with E-state index < -0.39 is 23.6 Å². The summed E-state index contributed by atoms with van der Waals surface area (Å²) in [7, 11) is 0. The zero-order valence-electron chi connectivity index (χ0n) is 36.9. The van der Waals surface area contributed by atoms with Gasteiger partial charge in [-0.3, -0.25) is 39.3 Å². The number of amides is 5. The molecule has 5 aromatic rings. The summed E-state index contributed by atoms with van der Waals surface area (Å²) in [5.74, 6) is 2.49. The number of anilines is 3. The van der Waals surface area contributed by atoms with Gasteiger partial charge in [-0.1, -0.05) is 29.8 Å². The van der Waals surface area contributed by atoms with Crippen LogP contribution in [0.5, 0.6) is 0 Å². The second kappa shape index (κ2) is 21.9. The average molecular weight is 959 g/mol. The van der Waals surface area contributed by atoms with Crippen LogP contribution in [0, 0.1) is 11.6 Å². The predicted octanol–water partition coefficient (Wildman–Crippen LogP) is 4.68. The number of nitrogens with one attached hydrogen (secondary N) is 5. The van der Waals surface area contributed by atoms with Crippen molar-refractivity contribution in [2.45, 2.75) is 38.4 Å². The molecule has 7 N–H and O–H groups in total. The van der Waals surface area contributed by atoms with Crippen LogP contribution in [0.3, 0.4) is 0 Å². The minimum atomic E-state index is -0.751. The summed E-state index contributed by atoms with van der Waals surface area (Å²) in [6.07, 6.45) is 3.63. The van der Waals surface area contributed by atoms with Gasteiger partial charge in [-0.25, -0.2) is 18.7 Å². The summed E-state index contributed by atoms with van der Waals surface area (Å²) in [5, 5.41) is 18.3. The lowest BCUT2D eigenvalue weighted by Gasteiger charge is -2.29. The first kappa shape index (κ1) is 47.7. The topological polar surface area (TPSA) is 247 Å². The minimum Gasteiger partial charge on any atom is -0.378 e. The Labute approximate surface area is 398 Å². The molecule has 21 heteroatoms. The molecule has 4 heterocycles. The van der Waals surface area contributed by atoms with Gasteiger partial charge in [0.05, 0.1) is 55.5 Å². The number of nitrogens with zero attached hydrogens (tertiary/aromatic N) is 6. The summed E-state index contributed by atoms with van der Waals surface area (Å²) < 4.78 is 35.5. The normalized spacial score (nSPS) is 15.5. The molecule has 3 aliphatic rings. The molecule has 0 spiro atoms. The summed E-state index contributed by atoms with van der Waals surface area (Å²) in [4.78, 5) is 82.2. The summed E-state index contributed by atoms with van der Waals surface area (Å²) in [6.45, 7) is 2.10. The van der Waals surface area contributed by atoms with Gasteiger partial charge in [-0.2, -0.15) is 5.10 Å². The van der Waals surface area contributed by atoms with E-state index in [2.05, 4.69) is 46.7 Å². The molecule has 4 aromatic carbocycles. The lowest BCUT2D eigenvalue weighted by atomic mass is 9.95. The summed E-state index contributed by atoms with van der Waals surface area (Å²) in [5.41, 5.74) is 4.86. The second-order valence-electron chi connectivity index (χ2n) is 16.0. The first-order valence-electron chi connectivity index (χ1n) is 21.9. The zero-order chi connectivity index (χ0) is 48.4. The molecule has 1 saturated heterocycles. The summed E-state index contributed by atoms with van der Waals surface area (Å²) >= 11 is 6.34. The second-order valence-corrected chi connectivity index (χ2v) is 16.4. The predicted molar refractivity (Wildman–Crippen MR) is 255 cm³/mol. The number of fused-ring (bicyclic) bond motifs is 4. The fourth-order valence-corrected chi connectivity index (χ4v) is 8.10. The van der Waals surface area contributed by atoms with Crippen molar-refractivity contribution in [2.75, 3.05) is 50.0 Å². The molecular weight excluding hydrogens is 914 g/mol. The number of rotatable bonds is 18. The maximum absolute atomic E-state index is 14.9. The van der Waals surface area contributed by atoms with Crippen molar-refractivity contribution in [3.63, 3.8) is 0 Å². The van der Waals surface area contributed by atoms with Crippen LogP contribution in [-0.2, 0) is 32.2 Å². The molecule has 18 nitrogen and oxygen atoms in total. The lowest BCUT2D eigenvalue weighted by molar-refractivity contribution is -0.137. The highest BCUT2D eigenvalue weighted by atomic mass is 35.5. The van der Waals surface area contributed by atoms with Crippen LogP contribution in [-0.4, -0.2) is 107 Å². The SMILES string of the molecule is NN=C(C=NCCOCCNCCC(=O)Nc1cccc2c1CN(C1CCC(=O)NC1=O)C2=O)CNC(=O)c1ccc(Nc2ncc3c(n2)-c2ccc(Cl)cc2C(c2c(F)cccc2F)=NC3)cc1. The maximum Gasteiger partial charge on any atom is 0.255 e. The van der Waals surface area contributed by atoms with E-state index in [1.54, 1.807) is 66.9 Å². The van der Waals surface area contributed by atoms with Gasteiger partial charge in [-0.05, 0) is 67.1 Å². The van der Waals surface area contributed by atoms with Gasteiger partial charge in [0.25, 0.3) is 11.8 Å². The number of halogens is 3. The Bertz CT molecular complexity index is 2890. The largest absolute Gasteiger partial charge is 0.378 e. The van der Waals surface area contributed by atoms with Crippen molar-refractivity contribution in [3.8, 4) is 11.3 Å². The zero-order valence-corrected chi connectivity index (χ0v) is 37.6. The smallest absolute Gasteiger partial charge is 0.255 e. The van der Waals surface area contributed by atoms with E-state index in [9.17, 15) is 32.8 Å². The fraction of sp³-hybridized carbons (Fsp3) is 0.250. The molecule has 0 radical (unpaired) electrons. The van der Waals surface area contributed by atoms with Crippen molar-refractivity contribution >= 4 is 76.1 Å². The van der Waals surface area contributed by atoms with Crippen molar-refractivity contribution < 1.29 is 37.5 Å². The first-order valence-corrected chi connectivity index (χ1v) is 22.3. The van der Waals surface area contributed by atoms with Crippen LogP contribution in [0.15, 0.2) is 100 Å². The fourth-order valence-electron chi connectivity index (χ4n) is 7.93. The van der Waals surface area contributed by atoms with E-state index in [0.29, 0.717) is 94.0 Å². The molecule has 0 aliphatic carbocycles. The molecule has 5 amide bonds. The number of hydrogen-bond donors (Lipinski definition) is 6. The maximum atomic E-state index is 14.9. The number of imide groups is 1. The number of piperidine rings is 1. The highest BCUT2D eigenvalue weighted by Crippen LogP contribution is 2.35. The average Bonchev–Trinajstić information content (AvgIpc) is 3.59. The Balaban J connectivity index is 0.729. The minimum absolute atomic E-state index is 0.0213. The lowest BCUT2D eigenvalue weighted by Crippen LogP contribution is -2.52. The third-order valence-electron chi connectivity index (χ3n) is 11.4. The van der Waals surface area contributed by atoms with E-state index in [1.165, 1.54) is 29.3 Å². The number of nitrogens with two attached hydrogens (primary N) is 1. The molecule has 8 rings (SSSR count). The quantitative estimate of drug-likeness (QED) is 0.0231. The van der Waals surface area contributed by atoms with E-state index in [1.807, 2.05) is 0 Å². The van der Waals surface area contributed by atoms with Crippen molar-refractivity contribution in [1.82, 2.24) is 30.8 Å². The van der Waals surface area contributed by atoms with Gasteiger partial charge in [0.2, 0.25) is 23.7 Å². The third-order valence-corrected chi connectivity index (χ3v) is 11.6. The van der Waals surface area contributed by atoms with Gasteiger partial charge in [0.15, 0.2) is 0 Å². The standard InChI is InChI=1S/C48H45ClF2N12O6/c49-29-9-12-32-34(21-29)44(42-36(50)4-2-5-37(42)51)55-22-28-23-57-48(61-43(28)32)58-30-10-7-27(8-11-30)45(66)56-25-31(62-52)24-54-18-20-69-19-17-53-16-15-41(65)59-38-6-1-3-33-35(38)26-63(47(33)68)39-13-14-40(64)60-46(39)67/h1-12,21,23-24,39,53H,13-20,22,25-26,52H2,(H,56,66)(H,59,65)(H,57,58,61)(H,60,64,67). The van der Waals surface area contributed by atoms with E-state index in [4.69, 9.17) is 27.2 Å². The molecule has 0 bridgehead atoms. The van der Waals surface area contributed by atoms with E-state index in [0.717, 1.165) is 0 Å². The molecule has 1 aromatic heterocycles. The third kappa shape index (κ3) is 11.3. The number of hydrogen-bond acceptors (Lipinski definition) is 14. The van der Waals surface area contributed by atoms with Crippen LogP contribution in [0.25, 0.3) is 11.3 Å². The molecule has 69 heavy (non-hydrogen) atoms. The van der Waals surface area contributed by atoms with Crippen molar-refractivity contribution in [2.24, 2.45) is 20.9 Å². The number of hydrazone groups is 1. The Hall–Kier alpha value is -7.81. The Morgan fingerprint density at radius 3 is 2.55 bits per heavy atom. The van der Waals surface area contributed by atoms with Gasteiger partial charge in [-0.15, -0.1) is 0 Å². The van der Waals surface area contributed by atoms with Crippen LogP contribution in [0.1, 0.15) is 62.2 Å². The Morgan fingerprint density at radius 2 is 1.77 bits per heavy atom. The van der Waals surface area contributed by atoms with Gasteiger partial charge in [0.1, 0.15) is 17.7 Å². The summed E-state index contributed by atoms with van der Waals surface area (Å²) in [6, 6.07) is 19.6. The molecule has 354 valence electrons. The number of carbonyl (C=O) groups excluding carboxylic acids is 5. The van der Waals surface area contributed by atoms with Gasteiger partial charge in [0, 0.05) is 94.7 Å². The highest BCUT2D eigenvalue weighted by Gasteiger charge is 2.40. The van der Waals surface area contributed by atoms with E-state index >= 15 is 0 Å². The highest BCUT2D eigenvalue weighted by molar-refractivity contribution is 6.32. The number of aromatic nitrogens is 2. The van der Waals surface area contributed by atoms with Crippen LogP contribution in [0.4, 0.5) is 26.1 Å². The monoisotopic (exact) mass is 958 g/mol.